The monoisotopic (exact) mass is 275 g/mol. The van der Waals surface area contributed by atoms with E-state index in [1.54, 1.807) is 6.92 Å². The Morgan fingerprint density at radius 2 is 2.11 bits per heavy atom. The highest BCUT2D eigenvalue weighted by Gasteiger charge is 2.20. The van der Waals surface area contributed by atoms with Gasteiger partial charge in [-0.25, -0.2) is 13.1 Å². The highest BCUT2D eigenvalue weighted by molar-refractivity contribution is 7.89. The molecule has 0 aliphatic carbocycles. The van der Waals surface area contributed by atoms with Crippen molar-refractivity contribution in [2.75, 3.05) is 27.2 Å². The minimum absolute atomic E-state index is 0.174. The predicted octanol–water partition coefficient (Wildman–Crippen LogP) is 0.277. The van der Waals surface area contributed by atoms with Gasteiger partial charge in [0, 0.05) is 12.6 Å². The SMILES string of the molecule is Cc1oc(CN)cc1S(=O)(=O)NCCCN(C)C. The van der Waals surface area contributed by atoms with Crippen LogP contribution in [0.4, 0.5) is 0 Å². The van der Waals surface area contributed by atoms with Crippen molar-refractivity contribution in [1.29, 1.82) is 0 Å². The Kier molecular flexibility index (Phi) is 5.33. The molecule has 104 valence electrons. The lowest BCUT2D eigenvalue weighted by Crippen LogP contribution is -2.27. The summed E-state index contributed by atoms with van der Waals surface area (Å²) in [7, 11) is 0.397. The van der Waals surface area contributed by atoms with Crippen LogP contribution < -0.4 is 10.5 Å². The molecule has 6 nitrogen and oxygen atoms in total. The maximum atomic E-state index is 12.0. The fraction of sp³-hybridized carbons (Fsp3) is 0.636. The van der Waals surface area contributed by atoms with Crippen LogP contribution in [0.2, 0.25) is 0 Å². The van der Waals surface area contributed by atoms with Crippen molar-refractivity contribution in [3.05, 3.63) is 17.6 Å². The van der Waals surface area contributed by atoms with Gasteiger partial charge in [0.2, 0.25) is 10.0 Å². The zero-order valence-corrected chi connectivity index (χ0v) is 11.9. The molecule has 18 heavy (non-hydrogen) atoms. The zero-order valence-electron chi connectivity index (χ0n) is 11.1. The van der Waals surface area contributed by atoms with Crippen molar-refractivity contribution in [2.45, 2.75) is 24.8 Å². The topological polar surface area (TPSA) is 88.6 Å². The van der Waals surface area contributed by atoms with Crippen LogP contribution in [0.1, 0.15) is 17.9 Å². The molecule has 7 heteroatoms. The van der Waals surface area contributed by atoms with E-state index in [2.05, 4.69) is 4.72 Å². The van der Waals surface area contributed by atoms with Crippen molar-refractivity contribution < 1.29 is 12.8 Å². The lowest BCUT2D eigenvalue weighted by Gasteiger charge is -2.09. The summed E-state index contributed by atoms with van der Waals surface area (Å²) in [6, 6.07) is 1.48. The van der Waals surface area contributed by atoms with E-state index in [-0.39, 0.29) is 11.4 Å². The maximum absolute atomic E-state index is 12.0. The first kappa shape index (κ1) is 15.2. The van der Waals surface area contributed by atoms with E-state index >= 15 is 0 Å². The molecule has 1 heterocycles. The summed E-state index contributed by atoms with van der Waals surface area (Å²) >= 11 is 0. The average Bonchev–Trinajstić information content (AvgIpc) is 2.66. The largest absolute Gasteiger partial charge is 0.464 e. The van der Waals surface area contributed by atoms with Crippen LogP contribution >= 0.6 is 0 Å². The van der Waals surface area contributed by atoms with Crippen LogP contribution in [0.5, 0.6) is 0 Å². The summed E-state index contributed by atoms with van der Waals surface area (Å²) in [6.45, 7) is 3.05. The van der Waals surface area contributed by atoms with Crippen LogP contribution in [0.3, 0.4) is 0 Å². The van der Waals surface area contributed by atoms with Gasteiger partial charge in [-0.2, -0.15) is 0 Å². The zero-order chi connectivity index (χ0) is 13.8. The number of hydrogen-bond donors (Lipinski definition) is 2. The van der Waals surface area contributed by atoms with E-state index in [1.165, 1.54) is 6.07 Å². The Balaban J connectivity index is 2.65. The average molecular weight is 275 g/mol. The first-order chi connectivity index (χ1) is 8.36. The number of nitrogens with two attached hydrogens (primary N) is 1. The summed E-state index contributed by atoms with van der Waals surface area (Å²) in [5, 5.41) is 0. The Morgan fingerprint density at radius 1 is 1.44 bits per heavy atom. The number of nitrogens with zero attached hydrogens (tertiary/aromatic N) is 1. The van der Waals surface area contributed by atoms with Gasteiger partial charge < -0.3 is 15.1 Å². The Morgan fingerprint density at radius 3 is 2.61 bits per heavy atom. The predicted molar refractivity (Wildman–Crippen MR) is 69.7 cm³/mol. The van der Waals surface area contributed by atoms with E-state index in [0.717, 1.165) is 13.0 Å². The highest BCUT2D eigenvalue weighted by Crippen LogP contribution is 2.19. The van der Waals surface area contributed by atoms with Crippen LogP contribution in [0.25, 0.3) is 0 Å². The summed E-state index contributed by atoms with van der Waals surface area (Å²) < 4.78 is 31.8. The lowest BCUT2D eigenvalue weighted by molar-refractivity contribution is 0.400. The van der Waals surface area contributed by atoms with Crippen molar-refractivity contribution >= 4 is 10.0 Å². The molecule has 0 aliphatic rings. The molecule has 0 bridgehead atoms. The van der Waals surface area contributed by atoms with Gasteiger partial charge >= 0.3 is 0 Å². The third-order valence-corrected chi connectivity index (χ3v) is 4.06. The van der Waals surface area contributed by atoms with Gasteiger partial charge in [0.1, 0.15) is 16.4 Å². The van der Waals surface area contributed by atoms with Gasteiger partial charge in [0.05, 0.1) is 6.54 Å². The molecule has 0 saturated heterocycles. The number of aryl methyl sites for hydroxylation is 1. The normalized spacial score (nSPS) is 12.3. The molecule has 0 spiro atoms. The Labute approximate surface area is 108 Å². The molecule has 0 aromatic carbocycles. The molecule has 0 unspecified atom stereocenters. The molecule has 1 rings (SSSR count). The maximum Gasteiger partial charge on any atom is 0.244 e. The van der Waals surface area contributed by atoms with Gasteiger partial charge in [0.15, 0.2) is 0 Å². The fourth-order valence-corrected chi connectivity index (χ4v) is 2.85. The molecule has 0 atom stereocenters. The molecule has 1 aromatic rings. The summed E-state index contributed by atoms with van der Waals surface area (Å²) in [4.78, 5) is 2.18. The Hall–Kier alpha value is -0.890. The highest BCUT2D eigenvalue weighted by atomic mass is 32.2. The second kappa shape index (κ2) is 6.33. The molecule has 0 aliphatic heterocycles. The number of hydrogen-bond acceptors (Lipinski definition) is 5. The van der Waals surface area contributed by atoms with Crippen molar-refractivity contribution in [1.82, 2.24) is 9.62 Å². The number of sulfonamides is 1. The molecule has 0 amide bonds. The number of rotatable bonds is 7. The van der Waals surface area contributed by atoms with Gasteiger partial charge in [-0.05, 0) is 34.0 Å². The second-order valence-electron chi connectivity index (χ2n) is 4.39. The summed E-state index contributed by atoms with van der Waals surface area (Å²) in [5.74, 6) is 0.844. The third kappa shape index (κ3) is 4.09. The molecule has 1 aromatic heterocycles. The standard InChI is InChI=1S/C11H21N3O3S/c1-9-11(7-10(8-12)17-9)18(15,16)13-5-4-6-14(2)3/h7,13H,4-6,8,12H2,1-3H3. The van der Waals surface area contributed by atoms with Crippen LogP contribution in [0, 0.1) is 6.92 Å². The van der Waals surface area contributed by atoms with E-state index in [4.69, 9.17) is 10.2 Å². The molecular formula is C11H21N3O3S. The first-order valence-corrected chi connectivity index (χ1v) is 7.29. The summed E-state index contributed by atoms with van der Waals surface area (Å²) in [5.41, 5.74) is 5.42. The fourth-order valence-electron chi connectivity index (χ4n) is 1.57. The van der Waals surface area contributed by atoms with Gasteiger partial charge in [-0.1, -0.05) is 0 Å². The molecule has 0 fully saturated rings. The van der Waals surface area contributed by atoms with Crippen molar-refractivity contribution in [2.24, 2.45) is 5.73 Å². The number of furan rings is 1. The van der Waals surface area contributed by atoms with Crippen LogP contribution in [-0.2, 0) is 16.6 Å². The minimum atomic E-state index is -3.50. The van der Waals surface area contributed by atoms with Gasteiger partial charge in [-0.15, -0.1) is 0 Å². The quantitative estimate of drug-likeness (QED) is 0.698. The van der Waals surface area contributed by atoms with E-state index < -0.39 is 10.0 Å². The minimum Gasteiger partial charge on any atom is -0.464 e. The van der Waals surface area contributed by atoms with E-state index in [9.17, 15) is 8.42 Å². The number of nitrogens with one attached hydrogen (secondary N) is 1. The van der Waals surface area contributed by atoms with Crippen LogP contribution in [-0.4, -0.2) is 40.5 Å². The molecule has 3 N–H and O–H groups in total. The molecular weight excluding hydrogens is 254 g/mol. The van der Waals surface area contributed by atoms with Crippen LogP contribution in [0.15, 0.2) is 15.4 Å². The van der Waals surface area contributed by atoms with E-state index in [0.29, 0.717) is 18.1 Å². The Bertz CT molecular complexity index is 480. The first-order valence-electron chi connectivity index (χ1n) is 5.80. The second-order valence-corrected chi connectivity index (χ2v) is 6.13. The molecule has 0 saturated carbocycles. The third-order valence-electron chi connectivity index (χ3n) is 2.49. The van der Waals surface area contributed by atoms with Gasteiger partial charge in [-0.3, -0.25) is 0 Å². The lowest BCUT2D eigenvalue weighted by atomic mass is 10.4. The smallest absolute Gasteiger partial charge is 0.244 e. The van der Waals surface area contributed by atoms with Crippen molar-refractivity contribution in [3.8, 4) is 0 Å². The van der Waals surface area contributed by atoms with Crippen molar-refractivity contribution in [3.63, 3.8) is 0 Å². The summed E-state index contributed by atoms with van der Waals surface area (Å²) in [6.07, 6.45) is 0.757. The van der Waals surface area contributed by atoms with Gasteiger partial charge in [0.25, 0.3) is 0 Å². The van der Waals surface area contributed by atoms with E-state index in [1.807, 2.05) is 19.0 Å². The molecule has 0 radical (unpaired) electrons.